The van der Waals surface area contributed by atoms with Crippen LogP contribution in [0.3, 0.4) is 0 Å². The molecule has 1 saturated heterocycles. The number of aliphatic hydroxyl groups excluding tert-OH is 3. The van der Waals surface area contributed by atoms with Crippen LogP contribution < -0.4 is 11.4 Å². The Bertz CT molecular complexity index is 537. The summed E-state index contributed by atoms with van der Waals surface area (Å²) >= 11 is 5.55. The predicted molar refractivity (Wildman–Crippen MR) is 70.2 cm³/mol. The molecule has 0 aliphatic carbocycles. The molecule has 0 aromatic carbocycles. The highest BCUT2D eigenvalue weighted by atomic mass is 35.5. The lowest BCUT2D eigenvalue weighted by molar-refractivity contribution is -0.0460. The number of rotatable bonds is 4. The van der Waals surface area contributed by atoms with Crippen molar-refractivity contribution >= 4 is 17.4 Å². The molecule has 9 heteroatoms. The minimum absolute atomic E-state index is 0.0997. The van der Waals surface area contributed by atoms with Crippen molar-refractivity contribution in [2.24, 2.45) is 0 Å². The van der Waals surface area contributed by atoms with Gasteiger partial charge in [0.05, 0.1) is 24.7 Å². The van der Waals surface area contributed by atoms with E-state index in [2.05, 4.69) is 4.98 Å². The predicted octanol–water partition coefficient (Wildman–Crippen LogP) is -1.26. The number of aromatic nitrogens is 2. The van der Waals surface area contributed by atoms with Crippen molar-refractivity contribution in [3.05, 3.63) is 22.2 Å². The van der Waals surface area contributed by atoms with Gasteiger partial charge in [0.1, 0.15) is 18.1 Å². The summed E-state index contributed by atoms with van der Waals surface area (Å²) in [5.41, 5.74) is 5.12. The van der Waals surface area contributed by atoms with Crippen LogP contribution in [0.4, 0.5) is 5.82 Å². The molecule has 8 nitrogen and oxygen atoms in total. The third-order valence-corrected chi connectivity index (χ3v) is 3.50. The highest BCUT2D eigenvalue weighted by molar-refractivity contribution is 6.18. The van der Waals surface area contributed by atoms with Crippen molar-refractivity contribution in [1.29, 1.82) is 0 Å². The van der Waals surface area contributed by atoms with E-state index in [9.17, 15) is 15.0 Å². The van der Waals surface area contributed by atoms with Crippen molar-refractivity contribution < 1.29 is 20.1 Å². The van der Waals surface area contributed by atoms with Gasteiger partial charge in [-0.25, -0.2) is 4.79 Å². The van der Waals surface area contributed by atoms with E-state index in [4.69, 9.17) is 27.2 Å². The zero-order valence-corrected chi connectivity index (χ0v) is 11.3. The Hall–Kier alpha value is -1.19. The number of nitrogens with zero attached hydrogens (tertiary/aromatic N) is 2. The summed E-state index contributed by atoms with van der Waals surface area (Å²) in [6.07, 6.45) is -2.02. The Morgan fingerprint density at radius 3 is 2.90 bits per heavy atom. The Labute approximate surface area is 119 Å². The Kier molecular flexibility index (Phi) is 4.61. The second kappa shape index (κ2) is 6.06. The number of hydrogen-bond acceptors (Lipinski definition) is 7. The average Bonchev–Trinajstić information content (AvgIpc) is 2.79. The summed E-state index contributed by atoms with van der Waals surface area (Å²) < 4.78 is 6.49. The van der Waals surface area contributed by atoms with E-state index < -0.39 is 30.2 Å². The summed E-state index contributed by atoms with van der Waals surface area (Å²) in [7, 11) is 0. The van der Waals surface area contributed by atoms with E-state index in [0.29, 0.717) is 0 Å². The van der Waals surface area contributed by atoms with Crippen LogP contribution in [-0.4, -0.2) is 49.6 Å². The van der Waals surface area contributed by atoms with Crippen LogP contribution in [0, 0.1) is 0 Å². The third kappa shape index (κ3) is 2.79. The molecule has 1 fully saturated rings. The van der Waals surface area contributed by atoms with Crippen LogP contribution in [0.2, 0.25) is 0 Å². The van der Waals surface area contributed by atoms with Gasteiger partial charge in [-0.1, -0.05) is 0 Å². The smallest absolute Gasteiger partial charge is 0.351 e. The van der Waals surface area contributed by atoms with E-state index in [1.807, 2.05) is 0 Å². The highest BCUT2D eigenvalue weighted by Gasteiger charge is 2.35. The molecule has 1 aromatic rings. The van der Waals surface area contributed by atoms with E-state index >= 15 is 0 Å². The number of halogens is 1. The molecular formula is C11H16ClN3O5. The van der Waals surface area contributed by atoms with E-state index in [1.165, 1.54) is 6.20 Å². The highest BCUT2D eigenvalue weighted by Crippen LogP contribution is 2.28. The molecule has 0 saturated carbocycles. The fourth-order valence-electron chi connectivity index (χ4n) is 2.09. The third-order valence-electron chi connectivity index (χ3n) is 3.21. The maximum Gasteiger partial charge on any atom is 0.351 e. The fraction of sp³-hybridized carbons (Fsp3) is 0.636. The summed E-state index contributed by atoms with van der Waals surface area (Å²) in [5.74, 6) is -0.200. The molecule has 20 heavy (non-hydrogen) atoms. The lowest BCUT2D eigenvalue weighted by Crippen LogP contribution is -2.29. The molecule has 1 aromatic heterocycles. The molecular weight excluding hydrogens is 290 g/mol. The van der Waals surface area contributed by atoms with Gasteiger partial charge in [0.2, 0.25) is 0 Å². The SMILES string of the molecule is Nc1nc(=O)n([C@H]2CC(O)[C@@H](CO)O2)cc1C(O)CCl. The monoisotopic (exact) mass is 305 g/mol. The van der Waals surface area contributed by atoms with Crippen LogP contribution in [0.25, 0.3) is 0 Å². The van der Waals surface area contributed by atoms with Gasteiger partial charge in [-0.3, -0.25) is 4.57 Å². The van der Waals surface area contributed by atoms with Crippen molar-refractivity contribution in [3.63, 3.8) is 0 Å². The zero-order valence-electron chi connectivity index (χ0n) is 10.5. The quantitative estimate of drug-likeness (QED) is 0.510. The van der Waals surface area contributed by atoms with Crippen molar-refractivity contribution in [1.82, 2.24) is 9.55 Å². The number of nitrogens with two attached hydrogens (primary N) is 1. The van der Waals surface area contributed by atoms with Gasteiger partial charge in [-0.15, -0.1) is 11.6 Å². The van der Waals surface area contributed by atoms with Crippen LogP contribution in [-0.2, 0) is 4.74 Å². The van der Waals surface area contributed by atoms with Gasteiger partial charge in [0, 0.05) is 18.2 Å². The maximum absolute atomic E-state index is 11.8. The Morgan fingerprint density at radius 2 is 2.35 bits per heavy atom. The summed E-state index contributed by atoms with van der Waals surface area (Å²) in [6.45, 7) is -0.355. The molecule has 112 valence electrons. The van der Waals surface area contributed by atoms with E-state index in [-0.39, 0.29) is 30.3 Å². The molecule has 4 atom stereocenters. The molecule has 5 N–H and O–H groups in total. The number of anilines is 1. The van der Waals surface area contributed by atoms with Crippen LogP contribution in [0.15, 0.2) is 11.0 Å². The van der Waals surface area contributed by atoms with Crippen molar-refractivity contribution in [2.75, 3.05) is 18.2 Å². The normalized spacial score (nSPS) is 27.7. The first-order chi connectivity index (χ1) is 9.47. The largest absolute Gasteiger partial charge is 0.394 e. The summed E-state index contributed by atoms with van der Waals surface area (Å²) in [6, 6.07) is 0. The molecule has 1 aliphatic heterocycles. The summed E-state index contributed by atoms with van der Waals surface area (Å²) in [4.78, 5) is 15.4. The lowest BCUT2D eigenvalue weighted by Gasteiger charge is -2.17. The number of aliphatic hydroxyl groups is 3. The van der Waals surface area contributed by atoms with E-state index in [0.717, 1.165) is 4.57 Å². The Morgan fingerprint density at radius 1 is 1.65 bits per heavy atom. The van der Waals surface area contributed by atoms with E-state index in [1.54, 1.807) is 0 Å². The number of hydrogen-bond donors (Lipinski definition) is 4. The summed E-state index contributed by atoms with van der Waals surface area (Å²) in [5, 5.41) is 28.4. The molecule has 0 spiro atoms. The second-order valence-electron chi connectivity index (χ2n) is 4.56. The fourth-order valence-corrected chi connectivity index (χ4v) is 2.26. The zero-order chi connectivity index (χ0) is 14.9. The molecule has 2 heterocycles. The molecule has 2 rings (SSSR count). The van der Waals surface area contributed by atoms with Crippen LogP contribution in [0.1, 0.15) is 24.3 Å². The minimum Gasteiger partial charge on any atom is -0.394 e. The van der Waals surface area contributed by atoms with Gasteiger partial charge < -0.3 is 25.8 Å². The number of alkyl halides is 1. The van der Waals surface area contributed by atoms with Crippen molar-refractivity contribution in [2.45, 2.75) is 31.0 Å². The van der Waals surface area contributed by atoms with Gasteiger partial charge >= 0.3 is 5.69 Å². The molecule has 1 aliphatic rings. The minimum atomic E-state index is -1.06. The van der Waals surface area contributed by atoms with Crippen LogP contribution in [0.5, 0.6) is 0 Å². The van der Waals surface area contributed by atoms with Gasteiger partial charge in [0.15, 0.2) is 0 Å². The van der Waals surface area contributed by atoms with Gasteiger partial charge in [-0.05, 0) is 0 Å². The topological polar surface area (TPSA) is 131 Å². The standard InChI is InChI=1S/C11H16ClN3O5/c12-2-7(18)5-3-15(11(19)14-10(5)13)9-1-6(17)8(4-16)20-9/h3,6-9,16-18H,1-2,4H2,(H2,13,14,19)/t6?,7?,8-,9-/m1/s1. The molecule has 2 unspecified atom stereocenters. The first-order valence-electron chi connectivity index (χ1n) is 6.04. The lowest BCUT2D eigenvalue weighted by atomic mass is 10.2. The Balaban J connectivity index is 2.35. The second-order valence-corrected chi connectivity index (χ2v) is 4.86. The molecule has 0 amide bonds. The first kappa shape index (κ1) is 15.2. The van der Waals surface area contributed by atoms with Gasteiger partial charge in [0.25, 0.3) is 0 Å². The maximum atomic E-state index is 11.8. The van der Waals surface area contributed by atoms with Crippen LogP contribution >= 0.6 is 11.6 Å². The van der Waals surface area contributed by atoms with Gasteiger partial charge in [-0.2, -0.15) is 4.98 Å². The number of nitrogen functional groups attached to an aromatic ring is 1. The average molecular weight is 306 g/mol. The first-order valence-corrected chi connectivity index (χ1v) is 6.58. The van der Waals surface area contributed by atoms with Crippen molar-refractivity contribution in [3.8, 4) is 0 Å². The molecule has 0 bridgehead atoms. The number of ether oxygens (including phenoxy) is 1. The molecule has 0 radical (unpaired) electrons.